The van der Waals surface area contributed by atoms with E-state index in [1.165, 1.54) is 0 Å². The number of carbonyl (C=O) groups is 1. The number of rotatable bonds is 4. The first-order valence-electron chi connectivity index (χ1n) is 6.75. The van der Waals surface area contributed by atoms with Crippen molar-refractivity contribution in [1.82, 2.24) is 5.32 Å². The van der Waals surface area contributed by atoms with Crippen LogP contribution in [0.15, 0.2) is 40.1 Å². The molecule has 6 heteroatoms. The molecule has 0 spiro atoms. The maximum absolute atomic E-state index is 12.4. The summed E-state index contributed by atoms with van der Waals surface area (Å²) in [6, 6.07) is 6.69. The van der Waals surface area contributed by atoms with E-state index < -0.39 is 0 Å². The van der Waals surface area contributed by atoms with Gasteiger partial charge < -0.3 is 10.4 Å². The lowest BCUT2D eigenvalue weighted by atomic mass is 10.2. The second kappa shape index (κ2) is 5.87. The number of phenolic OH excluding ortho intramolecular Hbond substituents is 1. The van der Waals surface area contributed by atoms with Gasteiger partial charge in [-0.25, -0.2) is 0 Å². The Kier molecular flexibility index (Phi) is 4.34. The van der Waals surface area contributed by atoms with Crippen molar-refractivity contribution in [2.24, 2.45) is 5.10 Å². The van der Waals surface area contributed by atoms with Crippen LogP contribution >= 0.6 is 11.6 Å². The van der Waals surface area contributed by atoms with Gasteiger partial charge in [0.15, 0.2) is 0 Å². The van der Waals surface area contributed by atoms with Crippen LogP contribution < -0.4 is 5.32 Å². The summed E-state index contributed by atoms with van der Waals surface area (Å²) in [5.74, 6) is -0.0318. The average Bonchev–Trinajstić information content (AvgIpc) is 2.67. The van der Waals surface area contributed by atoms with E-state index in [0.29, 0.717) is 23.7 Å². The zero-order chi connectivity index (χ0) is 15.6. The van der Waals surface area contributed by atoms with E-state index in [4.69, 9.17) is 11.6 Å². The SMILES string of the molecule is CCC1=N[N+](C)(C)C(C(=O)NCc2ccc(O)cc2)=C1Cl. The molecular weight excluding hydrogens is 290 g/mol. The van der Waals surface area contributed by atoms with Crippen LogP contribution in [0, 0.1) is 0 Å². The first kappa shape index (κ1) is 15.5. The number of benzene rings is 1. The van der Waals surface area contributed by atoms with E-state index in [2.05, 4.69) is 10.4 Å². The Morgan fingerprint density at radius 2 is 1.95 bits per heavy atom. The molecule has 0 radical (unpaired) electrons. The number of phenols is 1. The average molecular weight is 309 g/mol. The van der Waals surface area contributed by atoms with Crippen molar-refractivity contribution in [3.05, 3.63) is 40.6 Å². The summed E-state index contributed by atoms with van der Waals surface area (Å²) in [4.78, 5) is 12.4. The number of allylic oxidation sites excluding steroid dienone is 1. The van der Waals surface area contributed by atoms with Crippen LogP contribution in [0.3, 0.4) is 0 Å². The fraction of sp³-hybridized carbons (Fsp3) is 0.333. The van der Waals surface area contributed by atoms with Crippen LogP contribution in [0.2, 0.25) is 0 Å². The van der Waals surface area contributed by atoms with E-state index in [1.807, 2.05) is 21.0 Å². The summed E-state index contributed by atoms with van der Waals surface area (Å²) >= 11 is 6.27. The van der Waals surface area contributed by atoms with Crippen molar-refractivity contribution in [1.29, 1.82) is 0 Å². The van der Waals surface area contributed by atoms with Gasteiger partial charge in [0.05, 0.1) is 14.1 Å². The van der Waals surface area contributed by atoms with Crippen LogP contribution in [0.5, 0.6) is 5.75 Å². The van der Waals surface area contributed by atoms with E-state index in [-0.39, 0.29) is 16.2 Å². The van der Waals surface area contributed by atoms with Crippen molar-refractivity contribution in [3.8, 4) is 5.75 Å². The second-order valence-electron chi connectivity index (χ2n) is 5.31. The number of nitrogens with zero attached hydrogens (tertiary/aromatic N) is 2. The van der Waals surface area contributed by atoms with E-state index in [0.717, 1.165) is 11.3 Å². The van der Waals surface area contributed by atoms with Gasteiger partial charge in [-0.05, 0) is 24.1 Å². The van der Waals surface area contributed by atoms with Gasteiger partial charge in [-0.3, -0.25) is 4.79 Å². The highest BCUT2D eigenvalue weighted by Crippen LogP contribution is 2.29. The van der Waals surface area contributed by atoms with Gasteiger partial charge in [0, 0.05) is 6.54 Å². The quantitative estimate of drug-likeness (QED) is 0.839. The lowest BCUT2D eigenvalue weighted by molar-refractivity contribution is -0.852. The van der Waals surface area contributed by atoms with Crippen molar-refractivity contribution < 1.29 is 14.5 Å². The molecule has 0 saturated heterocycles. The largest absolute Gasteiger partial charge is 0.508 e. The number of hydrogen-bond acceptors (Lipinski definition) is 3. The van der Waals surface area contributed by atoms with E-state index in [9.17, 15) is 9.90 Å². The minimum atomic E-state index is -0.231. The number of amides is 1. The number of halogens is 1. The molecule has 1 aromatic carbocycles. The third-order valence-electron chi connectivity index (χ3n) is 3.32. The van der Waals surface area contributed by atoms with Gasteiger partial charge in [-0.2, -0.15) is 4.59 Å². The normalized spacial score (nSPS) is 16.9. The maximum atomic E-state index is 12.4. The minimum Gasteiger partial charge on any atom is -0.508 e. The molecule has 1 amide bonds. The molecule has 1 heterocycles. The van der Waals surface area contributed by atoms with Crippen LogP contribution in [-0.2, 0) is 11.3 Å². The molecule has 0 atom stereocenters. The molecule has 112 valence electrons. The third-order valence-corrected chi connectivity index (χ3v) is 3.72. The first-order valence-corrected chi connectivity index (χ1v) is 7.13. The topological polar surface area (TPSA) is 61.7 Å². The number of carbonyl (C=O) groups excluding carboxylic acids is 1. The number of likely N-dealkylation sites (N-methyl/N-ethyl adjacent to an activating group) is 1. The lowest BCUT2D eigenvalue weighted by Gasteiger charge is -2.20. The Balaban J connectivity index is 2.10. The molecule has 1 aliphatic rings. The van der Waals surface area contributed by atoms with Gasteiger partial charge in [0.25, 0.3) is 0 Å². The fourth-order valence-electron chi connectivity index (χ4n) is 2.23. The van der Waals surface area contributed by atoms with Crippen molar-refractivity contribution in [2.75, 3.05) is 14.1 Å². The van der Waals surface area contributed by atoms with Gasteiger partial charge in [-0.1, -0.05) is 35.8 Å². The Hall–Kier alpha value is -1.85. The van der Waals surface area contributed by atoms with Crippen LogP contribution in [-0.4, -0.2) is 35.4 Å². The zero-order valence-corrected chi connectivity index (χ0v) is 13.1. The molecule has 0 fully saturated rings. The highest BCUT2D eigenvalue weighted by Gasteiger charge is 2.40. The van der Waals surface area contributed by atoms with E-state index in [1.54, 1.807) is 24.3 Å². The van der Waals surface area contributed by atoms with Gasteiger partial charge in [-0.15, -0.1) is 0 Å². The molecule has 0 bridgehead atoms. The molecule has 2 rings (SSSR count). The maximum Gasteiger partial charge on any atom is 0.309 e. The van der Waals surface area contributed by atoms with Crippen LogP contribution in [0.1, 0.15) is 18.9 Å². The molecule has 21 heavy (non-hydrogen) atoms. The predicted molar refractivity (Wildman–Crippen MR) is 82.7 cm³/mol. The Morgan fingerprint density at radius 1 is 1.33 bits per heavy atom. The third kappa shape index (κ3) is 3.25. The van der Waals surface area contributed by atoms with Crippen molar-refractivity contribution in [3.63, 3.8) is 0 Å². The monoisotopic (exact) mass is 308 g/mol. The molecule has 1 aliphatic heterocycles. The van der Waals surface area contributed by atoms with Crippen molar-refractivity contribution in [2.45, 2.75) is 19.9 Å². The summed E-state index contributed by atoms with van der Waals surface area (Å²) < 4.78 is 0.101. The highest BCUT2D eigenvalue weighted by atomic mass is 35.5. The molecule has 0 aromatic heterocycles. The van der Waals surface area contributed by atoms with Gasteiger partial charge in [0.2, 0.25) is 5.70 Å². The Morgan fingerprint density at radius 3 is 2.48 bits per heavy atom. The summed E-state index contributed by atoms with van der Waals surface area (Å²) in [6.45, 7) is 2.33. The predicted octanol–water partition coefficient (Wildman–Crippen LogP) is 2.31. The molecule has 5 nitrogen and oxygen atoms in total. The van der Waals surface area contributed by atoms with E-state index >= 15 is 0 Å². The van der Waals surface area contributed by atoms with Crippen LogP contribution in [0.4, 0.5) is 0 Å². The number of hydrogen-bond donors (Lipinski definition) is 2. The number of aromatic hydroxyl groups is 1. The highest BCUT2D eigenvalue weighted by molar-refractivity contribution is 6.45. The number of quaternary nitrogens is 1. The first-order chi connectivity index (χ1) is 9.85. The molecule has 0 aliphatic carbocycles. The lowest BCUT2D eigenvalue weighted by Crippen LogP contribution is -2.39. The molecule has 2 N–H and O–H groups in total. The fourth-order valence-corrected chi connectivity index (χ4v) is 2.69. The molecule has 0 saturated carbocycles. The molecule has 0 unspecified atom stereocenters. The standard InChI is InChI=1S/C15H18ClN3O2/c1-4-12-13(16)14(19(2,3)18-12)15(21)17-9-10-5-7-11(20)8-6-10/h5-8H,4,9H2,1-3H3,(H-,17,20,21)/p+1. The minimum absolute atomic E-state index is 0.101. The summed E-state index contributed by atoms with van der Waals surface area (Å²) in [5.41, 5.74) is 2.10. The zero-order valence-electron chi connectivity index (χ0n) is 12.4. The number of nitrogens with one attached hydrogen (secondary N) is 1. The summed E-state index contributed by atoms with van der Waals surface area (Å²) in [5, 5.41) is 17.0. The molecule has 1 aromatic rings. The summed E-state index contributed by atoms with van der Waals surface area (Å²) in [6.07, 6.45) is 0.690. The van der Waals surface area contributed by atoms with Crippen LogP contribution in [0.25, 0.3) is 0 Å². The second-order valence-corrected chi connectivity index (χ2v) is 5.68. The van der Waals surface area contributed by atoms with Crippen molar-refractivity contribution >= 4 is 23.2 Å². The van der Waals surface area contributed by atoms with Gasteiger partial charge >= 0.3 is 5.91 Å². The smallest absolute Gasteiger partial charge is 0.309 e. The Bertz CT molecular complexity index is 618. The molecular formula is C15H19ClN3O2+. The Labute approximate surface area is 129 Å². The summed E-state index contributed by atoms with van der Waals surface area (Å²) in [7, 11) is 3.64. The van der Waals surface area contributed by atoms with Gasteiger partial charge in [0.1, 0.15) is 16.5 Å².